The SMILES string of the molecule is CC(CN)(NC(=O)Cn1cc(Br)ccc1=O)C1CC1.Cl. The minimum absolute atomic E-state index is 0. The van der Waals surface area contributed by atoms with Gasteiger partial charge in [0.15, 0.2) is 0 Å². The molecule has 1 aromatic heterocycles. The Morgan fingerprint density at radius 2 is 2.20 bits per heavy atom. The van der Waals surface area contributed by atoms with Gasteiger partial charge in [0.05, 0.1) is 5.54 Å². The van der Waals surface area contributed by atoms with E-state index in [0.29, 0.717) is 12.5 Å². The summed E-state index contributed by atoms with van der Waals surface area (Å²) in [4.78, 5) is 23.7. The lowest BCUT2D eigenvalue weighted by Gasteiger charge is -2.29. The van der Waals surface area contributed by atoms with Crippen molar-refractivity contribution in [1.82, 2.24) is 9.88 Å². The van der Waals surface area contributed by atoms with Crippen molar-refractivity contribution >= 4 is 34.2 Å². The normalized spacial score (nSPS) is 16.9. The summed E-state index contributed by atoms with van der Waals surface area (Å²) in [5.74, 6) is 0.278. The Morgan fingerprint density at radius 3 is 2.75 bits per heavy atom. The molecule has 1 aromatic rings. The van der Waals surface area contributed by atoms with Gasteiger partial charge in [0.2, 0.25) is 5.91 Å². The van der Waals surface area contributed by atoms with Crippen molar-refractivity contribution in [2.24, 2.45) is 11.7 Å². The third-order valence-electron chi connectivity index (χ3n) is 3.59. The molecule has 1 atom stereocenters. The average molecular weight is 365 g/mol. The topological polar surface area (TPSA) is 77.1 Å². The highest BCUT2D eigenvalue weighted by Crippen LogP contribution is 2.38. The van der Waals surface area contributed by atoms with Gasteiger partial charge in [-0.2, -0.15) is 0 Å². The van der Waals surface area contributed by atoms with E-state index in [1.165, 1.54) is 10.6 Å². The van der Waals surface area contributed by atoms with Crippen molar-refractivity contribution in [1.29, 1.82) is 0 Å². The molecule has 1 saturated carbocycles. The highest BCUT2D eigenvalue weighted by molar-refractivity contribution is 9.10. The maximum Gasteiger partial charge on any atom is 0.251 e. The fourth-order valence-electron chi connectivity index (χ4n) is 2.18. The molecule has 1 heterocycles. The van der Waals surface area contributed by atoms with Crippen LogP contribution in [0, 0.1) is 5.92 Å². The van der Waals surface area contributed by atoms with Crippen molar-refractivity contribution in [3.8, 4) is 0 Å². The molecule has 3 N–H and O–H groups in total. The zero-order valence-corrected chi connectivity index (χ0v) is 13.7. The highest BCUT2D eigenvalue weighted by atomic mass is 79.9. The standard InChI is InChI=1S/C13H18BrN3O2.ClH/c1-13(8-15,9-2-3-9)16-11(18)7-17-6-10(14)4-5-12(17)19;/h4-6,9H,2-3,7-8,15H2,1H3,(H,16,18);1H. The Labute approximate surface area is 132 Å². The Kier molecular flexibility index (Phi) is 5.79. The molecule has 0 aliphatic heterocycles. The highest BCUT2D eigenvalue weighted by Gasteiger charge is 2.41. The van der Waals surface area contributed by atoms with E-state index in [1.54, 1.807) is 12.3 Å². The zero-order chi connectivity index (χ0) is 14.0. The van der Waals surface area contributed by atoms with E-state index < -0.39 is 0 Å². The average Bonchev–Trinajstić information content (AvgIpc) is 3.18. The van der Waals surface area contributed by atoms with Crippen LogP contribution in [0.1, 0.15) is 19.8 Å². The number of rotatable bonds is 5. The lowest BCUT2D eigenvalue weighted by atomic mass is 9.96. The third-order valence-corrected chi connectivity index (χ3v) is 4.06. The summed E-state index contributed by atoms with van der Waals surface area (Å²) in [6, 6.07) is 3.09. The molecule has 1 unspecified atom stereocenters. The smallest absolute Gasteiger partial charge is 0.251 e. The predicted molar refractivity (Wildman–Crippen MR) is 84.0 cm³/mol. The second-order valence-corrected chi connectivity index (χ2v) is 6.17. The first-order valence-corrected chi connectivity index (χ1v) is 7.11. The van der Waals surface area contributed by atoms with E-state index in [0.717, 1.165) is 17.3 Å². The maximum atomic E-state index is 12.0. The summed E-state index contributed by atoms with van der Waals surface area (Å²) in [5.41, 5.74) is 5.20. The first-order chi connectivity index (χ1) is 8.94. The summed E-state index contributed by atoms with van der Waals surface area (Å²) < 4.78 is 2.15. The van der Waals surface area contributed by atoms with Crippen molar-refractivity contribution < 1.29 is 4.79 Å². The van der Waals surface area contributed by atoms with E-state index in [2.05, 4.69) is 21.2 Å². The summed E-state index contributed by atoms with van der Waals surface area (Å²) in [6.07, 6.45) is 3.81. The molecule has 1 aliphatic carbocycles. The Morgan fingerprint density at radius 1 is 1.55 bits per heavy atom. The number of aromatic nitrogens is 1. The van der Waals surface area contributed by atoms with Gasteiger partial charge in [0.25, 0.3) is 5.56 Å². The van der Waals surface area contributed by atoms with Crippen LogP contribution in [0.5, 0.6) is 0 Å². The van der Waals surface area contributed by atoms with E-state index in [4.69, 9.17) is 5.73 Å². The summed E-state index contributed by atoms with van der Waals surface area (Å²) in [6.45, 7) is 2.39. The first kappa shape index (κ1) is 17.2. The molecule has 1 amide bonds. The van der Waals surface area contributed by atoms with Crippen molar-refractivity contribution in [3.63, 3.8) is 0 Å². The van der Waals surface area contributed by atoms with Crippen LogP contribution >= 0.6 is 28.3 Å². The maximum absolute atomic E-state index is 12.0. The van der Waals surface area contributed by atoms with Gasteiger partial charge in [-0.15, -0.1) is 12.4 Å². The van der Waals surface area contributed by atoms with Crippen LogP contribution < -0.4 is 16.6 Å². The van der Waals surface area contributed by atoms with Crippen LogP contribution in [0.3, 0.4) is 0 Å². The molecule has 5 nitrogen and oxygen atoms in total. The molecular formula is C13H19BrClN3O2. The number of hydrogen-bond donors (Lipinski definition) is 2. The number of hydrogen-bond acceptors (Lipinski definition) is 3. The summed E-state index contributed by atoms with van der Waals surface area (Å²) in [7, 11) is 0. The van der Waals surface area contributed by atoms with Crippen molar-refractivity contribution in [2.75, 3.05) is 6.54 Å². The number of carbonyl (C=O) groups is 1. The van der Waals surface area contributed by atoms with E-state index in [1.807, 2.05) is 6.92 Å². The van der Waals surface area contributed by atoms with Crippen LogP contribution in [-0.2, 0) is 11.3 Å². The Bertz CT molecular complexity index is 545. The number of nitrogens with one attached hydrogen (secondary N) is 1. The molecule has 0 aromatic carbocycles. The van der Waals surface area contributed by atoms with Gasteiger partial charge >= 0.3 is 0 Å². The number of nitrogens with zero attached hydrogens (tertiary/aromatic N) is 1. The van der Waals surface area contributed by atoms with Crippen LogP contribution in [0.15, 0.2) is 27.6 Å². The number of halogens is 2. The number of amides is 1. The van der Waals surface area contributed by atoms with E-state index in [-0.39, 0.29) is 36.0 Å². The lowest BCUT2D eigenvalue weighted by molar-refractivity contribution is -0.123. The predicted octanol–water partition coefficient (Wildman–Crippen LogP) is 1.28. The second kappa shape index (κ2) is 6.74. The number of nitrogens with two attached hydrogens (primary N) is 1. The fraction of sp³-hybridized carbons (Fsp3) is 0.538. The van der Waals surface area contributed by atoms with Gasteiger partial charge in [-0.05, 0) is 47.7 Å². The number of carbonyl (C=O) groups excluding carboxylic acids is 1. The van der Waals surface area contributed by atoms with Crippen LogP contribution in [0.2, 0.25) is 0 Å². The van der Waals surface area contributed by atoms with Gasteiger partial charge in [-0.3, -0.25) is 9.59 Å². The number of pyridine rings is 1. The van der Waals surface area contributed by atoms with Gasteiger partial charge in [-0.1, -0.05) is 0 Å². The van der Waals surface area contributed by atoms with Crippen molar-refractivity contribution in [2.45, 2.75) is 31.8 Å². The molecule has 0 spiro atoms. The van der Waals surface area contributed by atoms with Gasteiger partial charge in [0, 0.05) is 23.3 Å². The molecule has 2 rings (SSSR count). The van der Waals surface area contributed by atoms with Crippen LogP contribution in [0.4, 0.5) is 0 Å². The Balaban J connectivity index is 0.00000200. The molecule has 1 aliphatic rings. The monoisotopic (exact) mass is 363 g/mol. The minimum Gasteiger partial charge on any atom is -0.348 e. The molecule has 0 bridgehead atoms. The summed E-state index contributed by atoms with van der Waals surface area (Å²) >= 11 is 3.28. The zero-order valence-electron chi connectivity index (χ0n) is 11.3. The molecule has 0 radical (unpaired) electrons. The second-order valence-electron chi connectivity index (χ2n) is 5.26. The quantitative estimate of drug-likeness (QED) is 0.826. The van der Waals surface area contributed by atoms with Gasteiger partial charge < -0.3 is 15.6 Å². The van der Waals surface area contributed by atoms with E-state index in [9.17, 15) is 9.59 Å². The van der Waals surface area contributed by atoms with Gasteiger partial charge in [0.1, 0.15) is 6.54 Å². The summed E-state index contributed by atoms with van der Waals surface area (Å²) in [5, 5.41) is 2.96. The van der Waals surface area contributed by atoms with Crippen LogP contribution in [0.25, 0.3) is 0 Å². The lowest BCUT2D eigenvalue weighted by Crippen LogP contribution is -2.54. The largest absolute Gasteiger partial charge is 0.348 e. The van der Waals surface area contributed by atoms with Crippen LogP contribution in [-0.4, -0.2) is 22.6 Å². The fourth-order valence-corrected chi connectivity index (χ4v) is 2.56. The van der Waals surface area contributed by atoms with Crippen molar-refractivity contribution in [3.05, 3.63) is 33.2 Å². The molecule has 112 valence electrons. The third kappa shape index (κ3) is 4.07. The molecule has 1 fully saturated rings. The molecule has 20 heavy (non-hydrogen) atoms. The molecular weight excluding hydrogens is 346 g/mol. The minimum atomic E-state index is -0.354. The molecule has 0 saturated heterocycles. The molecule has 7 heteroatoms. The first-order valence-electron chi connectivity index (χ1n) is 6.32. The van der Waals surface area contributed by atoms with Gasteiger partial charge in [-0.25, -0.2) is 0 Å². The van der Waals surface area contributed by atoms with E-state index >= 15 is 0 Å². The Hall–Kier alpha value is -0.850.